The summed E-state index contributed by atoms with van der Waals surface area (Å²) >= 11 is 0. The lowest BCUT2D eigenvalue weighted by atomic mass is 9.90. The minimum Gasteiger partial charge on any atom is -0.455 e. The van der Waals surface area contributed by atoms with E-state index in [0.717, 1.165) is 50.5 Å². The molecular formula is C19H31N3O4. The van der Waals surface area contributed by atoms with Gasteiger partial charge in [0.25, 0.3) is 5.91 Å². The fourth-order valence-electron chi connectivity index (χ4n) is 3.90. The number of carbonyl (C=O) groups is 1. The van der Waals surface area contributed by atoms with Crippen LogP contribution in [0.1, 0.15) is 49.1 Å². The van der Waals surface area contributed by atoms with Crippen LogP contribution in [0.15, 0.2) is 10.5 Å². The molecule has 0 aromatic carbocycles. The van der Waals surface area contributed by atoms with Crippen molar-refractivity contribution in [3.8, 4) is 0 Å². The molecule has 3 rings (SSSR count). The van der Waals surface area contributed by atoms with Crippen molar-refractivity contribution in [3.05, 3.63) is 23.2 Å². The molecule has 2 aliphatic rings. The highest BCUT2D eigenvalue weighted by molar-refractivity contribution is 5.90. The van der Waals surface area contributed by atoms with E-state index in [-0.39, 0.29) is 23.3 Å². The number of aliphatic hydroxyl groups excluding tert-OH is 1. The zero-order valence-electron chi connectivity index (χ0n) is 16.0. The average Bonchev–Trinajstić information content (AvgIpc) is 3.09. The van der Waals surface area contributed by atoms with Crippen molar-refractivity contribution in [2.45, 2.75) is 51.3 Å². The Bertz CT molecular complexity index is 637. The Morgan fingerprint density at radius 3 is 2.65 bits per heavy atom. The minimum atomic E-state index is -0.529. The smallest absolute Gasteiger partial charge is 0.284 e. The Morgan fingerprint density at radius 1 is 1.27 bits per heavy atom. The van der Waals surface area contributed by atoms with E-state index >= 15 is 0 Å². The highest BCUT2D eigenvalue weighted by Crippen LogP contribution is 2.30. The summed E-state index contributed by atoms with van der Waals surface area (Å²) < 4.78 is 11.2. The monoisotopic (exact) mass is 365 g/mol. The fraction of sp³-hybridized carbons (Fsp3) is 0.737. The molecule has 1 amide bonds. The molecule has 2 atom stereocenters. The van der Waals surface area contributed by atoms with Gasteiger partial charge in [-0.25, -0.2) is 0 Å². The van der Waals surface area contributed by atoms with E-state index in [1.807, 2.05) is 0 Å². The SMILES string of the molecule is CC(C)(C)c1oc(C(N)=O)cc1CN1CCCN([C@H]2COC[C@@H]2O)CC1. The summed E-state index contributed by atoms with van der Waals surface area (Å²) in [6.07, 6.45) is 0.648. The summed E-state index contributed by atoms with van der Waals surface area (Å²) in [6, 6.07) is 1.90. The van der Waals surface area contributed by atoms with Gasteiger partial charge >= 0.3 is 0 Å². The van der Waals surface area contributed by atoms with Crippen molar-refractivity contribution >= 4 is 5.91 Å². The second kappa shape index (κ2) is 7.68. The maximum absolute atomic E-state index is 11.5. The lowest BCUT2D eigenvalue weighted by Crippen LogP contribution is -2.44. The largest absolute Gasteiger partial charge is 0.455 e. The first-order chi connectivity index (χ1) is 12.3. The van der Waals surface area contributed by atoms with E-state index in [2.05, 4.69) is 30.6 Å². The van der Waals surface area contributed by atoms with Crippen molar-refractivity contribution in [1.82, 2.24) is 9.80 Å². The molecule has 0 aliphatic carbocycles. The Labute approximate surface area is 155 Å². The number of furan rings is 1. The molecule has 2 fully saturated rings. The molecule has 1 aromatic rings. The molecule has 0 saturated carbocycles. The van der Waals surface area contributed by atoms with Gasteiger partial charge in [-0.05, 0) is 25.6 Å². The highest BCUT2D eigenvalue weighted by atomic mass is 16.5. The number of aliphatic hydroxyl groups is 1. The van der Waals surface area contributed by atoms with Crippen LogP contribution in [0.5, 0.6) is 0 Å². The van der Waals surface area contributed by atoms with Crippen molar-refractivity contribution in [1.29, 1.82) is 0 Å². The van der Waals surface area contributed by atoms with Crippen molar-refractivity contribution in [2.24, 2.45) is 5.73 Å². The number of hydrogen-bond donors (Lipinski definition) is 2. The number of rotatable bonds is 4. The third-order valence-corrected chi connectivity index (χ3v) is 5.24. The molecular weight excluding hydrogens is 334 g/mol. The summed E-state index contributed by atoms with van der Waals surface area (Å²) in [5, 5.41) is 10.1. The van der Waals surface area contributed by atoms with E-state index in [4.69, 9.17) is 14.9 Å². The van der Waals surface area contributed by atoms with Gasteiger partial charge in [-0.2, -0.15) is 0 Å². The number of carbonyl (C=O) groups excluding carboxylic acids is 1. The van der Waals surface area contributed by atoms with Gasteiger partial charge < -0.3 is 20.0 Å². The third-order valence-electron chi connectivity index (χ3n) is 5.24. The van der Waals surface area contributed by atoms with Crippen LogP contribution in [0.4, 0.5) is 0 Å². The van der Waals surface area contributed by atoms with E-state index in [1.165, 1.54) is 0 Å². The van der Waals surface area contributed by atoms with Crippen molar-refractivity contribution in [2.75, 3.05) is 39.4 Å². The van der Waals surface area contributed by atoms with Crippen LogP contribution in [-0.4, -0.2) is 72.4 Å². The lowest BCUT2D eigenvalue weighted by Gasteiger charge is -2.28. The summed E-state index contributed by atoms with van der Waals surface area (Å²) in [7, 11) is 0. The second-order valence-electron chi connectivity index (χ2n) is 8.42. The number of nitrogens with two attached hydrogens (primary N) is 1. The molecule has 0 bridgehead atoms. The Hall–Kier alpha value is -1.41. The predicted molar refractivity (Wildman–Crippen MR) is 98.0 cm³/mol. The first-order valence-corrected chi connectivity index (χ1v) is 9.41. The number of ether oxygens (including phenoxy) is 1. The highest BCUT2D eigenvalue weighted by Gasteiger charge is 2.33. The Kier molecular flexibility index (Phi) is 5.72. The van der Waals surface area contributed by atoms with E-state index in [1.54, 1.807) is 6.07 Å². The molecule has 0 radical (unpaired) electrons. The molecule has 7 heteroatoms. The maximum Gasteiger partial charge on any atom is 0.284 e. The summed E-state index contributed by atoms with van der Waals surface area (Å²) in [5.74, 6) is 0.527. The van der Waals surface area contributed by atoms with E-state index in [0.29, 0.717) is 13.2 Å². The van der Waals surface area contributed by atoms with Gasteiger partial charge in [0.15, 0.2) is 5.76 Å². The van der Waals surface area contributed by atoms with Crippen LogP contribution in [-0.2, 0) is 16.7 Å². The Morgan fingerprint density at radius 2 is 2.04 bits per heavy atom. The van der Waals surface area contributed by atoms with Gasteiger partial charge in [0.05, 0.1) is 25.4 Å². The molecule has 146 valence electrons. The molecule has 0 unspecified atom stereocenters. The van der Waals surface area contributed by atoms with Gasteiger partial charge in [-0.1, -0.05) is 20.8 Å². The number of primary amides is 1. The molecule has 0 spiro atoms. The van der Waals surface area contributed by atoms with Gasteiger partial charge in [-0.3, -0.25) is 14.6 Å². The second-order valence-corrected chi connectivity index (χ2v) is 8.42. The van der Waals surface area contributed by atoms with Crippen LogP contribution < -0.4 is 5.73 Å². The van der Waals surface area contributed by atoms with Gasteiger partial charge in [-0.15, -0.1) is 0 Å². The van der Waals surface area contributed by atoms with Gasteiger partial charge in [0.2, 0.25) is 0 Å². The van der Waals surface area contributed by atoms with Crippen LogP contribution in [0.3, 0.4) is 0 Å². The zero-order valence-corrected chi connectivity index (χ0v) is 16.0. The van der Waals surface area contributed by atoms with Crippen molar-refractivity contribution in [3.63, 3.8) is 0 Å². The summed E-state index contributed by atoms with van der Waals surface area (Å²) in [6.45, 7) is 11.8. The molecule has 3 N–H and O–H groups in total. The first kappa shape index (κ1) is 19.4. The molecule has 1 aromatic heterocycles. The minimum absolute atomic E-state index is 0.107. The quantitative estimate of drug-likeness (QED) is 0.825. The maximum atomic E-state index is 11.5. The van der Waals surface area contributed by atoms with E-state index < -0.39 is 5.91 Å². The predicted octanol–water partition coefficient (Wildman–Crippen LogP) is 0.943. The van der Waals surface area contributed by atoms with Crippen LogP contribution in [0.25, 0.3) is 0 Å². The molecule has 26 heavy (non-hydrogen) atoms. The number of hydrogen-bond acceptors (Lipinski definition) is 6. The topological polar surface area (TPSA) is 92.2 Å². The van der Waals surface area contributed by atoms with Crippen LogP contribution >= 0.6 is 0 Å². The zero-order chi connectivity index (χ0) is 18.9. The number of amides is 1. The lowest BCUT2D eigenvalue weighted by molar-refractivity contribution is 0.0837. The number of nitrogens with zero attached hydrogens (tertiary/aromatic N) is 2. The molecule has 2 saturated heterocycles. The molecule has 3 heterocycles. The first-order valence-electron chi connectivity index (χ1n) is 9.41. The van der Waals surface area contributed by atoms with Crippen LogP contribution in [0.2, 0.25) is 0 Å². The fourth-order valence-corrected chi connectivity index (χ4v) is 3.90. The summed E-state index contributed by atoms with van der Waals surface area (Å²) in [4.78, 5) is 16.3. The standard InChI is InChI=1S/C19H31N3O4/c1-19(2,3)17-13(9-16(26-17)18(20)24)10-21-5-4-6-22(8-7-21)14-11-25-12-15(14)23/h9,14-15,23H,4-8,10-12H2,1-3H3,(H2,20,24)/t14-,15-/m0/s1. The van der Waals surface area contributed by atoms with E-state index in [9.17, 15) is 9.90 Å². The normalized spacial score (nSPS) is 26.2. The average molecular weight is 365 g/mol. The van der Waals surface area contributed by atoms with Crippen LogP contribution in [0, 0.1) is 0 Å². The van der Waals surface area contributed by atoms with Crippen molar-refractivity contribution < 1.29 is 19.1 Å². The van der Waals surface area contributed by atoms with Gasteiger partial charge in [0, 0.05) is 30.6 Å². The Balaban J connectivity index is 1.68. The van der Waals surface area contributed by atoms with Gasteiger partial charge in [0.1, 0.15) is 5.76 Å². The molecule has 7 nitrogen and oxygen atoms in total. The summed E-state index contributed by atoms with van der Waals surface area (Å²) in [5.41, 5.74) is 6.25. The molecule has 2 aliphatic heterocycles. The third kappa shape index (κ3) is 4.28.